The van der Waals surface area contributed by atoms with Crippen molar-refractivity contribution in [3.63, 3.8) is 0 Å². The first kappa shape index (κ1) is 21.3. The van der Waals surface area contributed by atoms with Crippen LogP contribution in [0, 0.1) is 5.41 Å². The van der Waals surface area contributed by atoms with Crippen molar-refractivity contribution >= 4 is 17.5 Å². The van der Waals surface area contributed by atoms with E-state index in [-0.39, 0.29) is 11.8 Å². The van der Waals surface area contributed by atoms with Gasteiger partial charge in [-0.25, -0.2) is 0 Å². The van der Waals surface area contributed by atoms with E-state index in [0.29, 0.717) is 18.9 Å². The second kappa shape index (κ2) is 9.78. The van der Waals surface area contributed by atoms with Crippen LogP contribution < -0.4 is 20.1 Å². The van der Waals surface area contributed by atoms with E-state index in [1.807, 2.05) is 31.2 Å². The summed E-state index contributed by atoms with van der Waals surface area (Å²) in [5.74, 6) is 0.737. The number of anilines is 1. The van der Waals surface area contributed by atoms with Gasteiger partial charge in [0.15, 0.2) is 0 Å². The monoisotopic (exact) mass is 384 g/mol. The Bertz CT molecular complexity index is 800. The number of para-hydroxylation sites is 1. The SMILES string of the molecule is CCc1ccccc1NC(=O)C(C)(C)C(=O)NCCOc1ccc(OC)cc1. The maximum atomic E-state index is 12.6. The van der Waals surface area contributed by atoms with Crippen LogP contribution in [0.3, 0.4) is 0 Å². The van der Waals surface area contributed by atoms with Crippen molar-refractivity contribution in [2.24, 2.45) is 5.41 Å². The van der Waals surface area contributed by atoms with Crippen molar-refractivity contribution < 1.29 is 19.1 Å². The zero-order valence-electron chi connectivity index (χ0n) is 16.9. The number of hydrogen-bond donors (Lipinski definition) is 2. The van der Waals surface area contributed by atoms with Gasteiger partial charge in [-0.3, -0.25) is 9.59 Å². The number of nitrogens with one attached hydrogen (secondary N) is 2. The minimum Gasteiger partial charge on any atom is -0.497 e. The predicted octanol–water partition coefficient (Wildman–Crippen LogP) is 3.42. The first-order chi connectivity index (χ1) is 13.4. The van der Waals surface area contributed by atoms with E-state index in [1.54, 1.807) is 45.2 Å². The molecule has 0 bridgehead atoms. The van der Waals surface area contributed by atoms with Crippen LogP contribution in [0.1, 0.15) is 26.3 Å². The van der Waals surface area contributed by atoms with Crippen LogP contribution in [-0.4, -0.2) is 32.1 Å². The van der Waals surface area contributed by atoms with E-state index in [2.05, 4.69) is 10.6 Å². The molecule has 28 heavy (non-hydrogen) atoms. The molecule has 0 aliphatic heterocycles. The Kier molecular flexibility index (Phi) is 7.44. The van der Waals surface area contributed by atoms with Gasteiger partial charge in [-0.15, -0.1) is 0 Å². The summed E-state index contributed by atoms with van der Waals surface area (Å²) in [6.45, 7) is 5.83. The third-order valence-corrected chi connectivity index (χ3v) is 4.50. The minimum atomic E-state index is -1.21. The number of benzene rings is 2. The van der Waals surface area contributed by atoms with Crippen molar-refractivity contribution in [1.29, 1.82) is 0 Å². The highest BCUT2D eigenvalue weighted by Crippen LogP contribution is 2.22. The zero-order valence-corrected chi connectivity index (χ0v) is 16.9. The van der Waals surface area contributed by atoms with Gasteiger partial charge in [-0.2, -0.15) is 0 Å². The number of carbonyl (C=O) groups is 2. The molecule has 0 radical (unpaired) electrons. The van der Waals surface area contributed by atoms with Crippen LogP contribution >= 0.6 is 0 Å². The summed E-state index contributed by atoms with van der Waals surface area (Å²) in [5, 5.41) is 5.63. The highest BCUT2D eigenvalue weighted by atomic mass is 16.5. The standard InChI is InChI=1S/C22H28N2O4/c1-5-16-8-6-7-9-19(16)24-21(26)22(2,3)20(25)23-14-15-28-18-12-10-17(27-4)11-13-18/h6-13H,5,14-15H2,1-4H3,(H,23,25)(H,24,26). The molecule has 2 aromatic carbocycles. The number of ether oxygens (including phenoxy) is 2. The number of aryl methyl sites for hydroxylation is 1. The fraction of sp³-hybridized carbons (Fsp3) is 0.364. The van der Waals surface area contributed by atoms with Crippen LogP contribution in [0.2, 0.25) is 0 Å². The van der Waals surface area contributed by atoms with Gasteiger partial charge in [0.25, 0.3) is 0 Å². The van der Waals surface area contributed by atoms with Crippen LogP contribution in [0.15, 0.2) is 48.5 Å². The summed E-state index contributed by atoms with van der Waals surface area (Å²) in [7, 11) is 1.60. The van der Waals surface area contributed by atoms with Gasteiger partial charge >= 0.3 is 0 Å². The molecule has 2 N–H and O–H groups in total. The lowest BCUT2D eigenvalue weighted by Crippen LogP contribution is -2.46. The molecule has 2 aromatic rings. The maximum absolute atomic E-state index is 12.6. The van der Waals surface area contributed by atoms with E-state index in [0.717, 1.165) is 23.4 Å². The summed E-state index contributed by atoms with van der Waals surface area (Å²) in [6.07, 6.45) is 0.797. The molecule has 0 fully saturated rings. The van der Waals surface area contributed by atoms with Crippen LogP contribution in [0.4, 0.5) is 5.69 Å². The van der Waals surface area contributed by atoms with Gasteiger partial charge < -0.3 is 20.1 Å². The molecule has 6 nitrogen and oxygen atoms in total. The second-order valence-corrected chi connectivity index (χ2v) is 6.87. The van der Waals surface area contributed by atoms with Crippen molar-refractivity contribution in [3.05, 3.63) is 54.1 Å². The fourth-order valence-electron chi connectivity index (χ4n) is 2.56. The predicted molar refractivity (Wildman–Crippen MR) is 110 cm³/mol. The zero-order chi connectivity index (χ0) is 20.6. The Morgan fingerprint density at radius 3 is 2.25 bits per heavy atom. The van der Waals surface area contributed by atoms with Gasteiger partial charge in [0, 0.05) is 5.69 Å². The average molecular weight is 384 g/mol. The molecule has 0 aliphatic rings. The van der Waals surface area contributed by atoms with Gasteiger partial charge in [0.05, 0.1) is 13.7 Å². The molecular formula is C22H28N2O4. The number of methoxy groups -OCH3 is 1. The molecule has 150 valence electrons. The lowest BCUT2D eigenvalue weighted by Gasteiger charge is -2.23. The lowest BCUT2D eigenvalue weighted by atomic mass is 9.90. The average Bonchev–Trinajstić information content (AvgIpc) is 2.71. The first-order valence-corrected chi connectivity index (χ1v) is 9.33. The first-order valence-electron chi connectivity index (χ1n) is 9.33. The third kappa shape index (κ3) is 5.49. The summed E-state index contributed by atoms with van der Waals surface area (Å²) in [6, 6.07) is 14.8. The molecule has 2 rings (SSSR count). The Balaban J connectivity index is 1.84. The second-order valence-electron chi connectivity index (χ2n) is 6.87. The molecule has 0 atom stereocenters. The number of hydrogen-bond acceptors (Lipinski definition) is 4. The Morgan fingerprint density at radius 1 is 0.964 bits per heavy atom. The maximum Gasteiger partial charge on any atom is 0.239 e. The van der Waals surface area contributed by atoms with E-state index in [4.69, 9.17) is 9.47 Å². The van der Waals surface area contributed by atoms with Crippen LogP contribution in [0.5, 0.6) is 11.5 Å². The molecule has 6 heteroatoms. The van der Waals surface area contributed by atoms with Gasteiger partial charge in [0.1, 0.15) is 23.5 Å². The van der Waals surface area contributed by atoms with E-state index < -0.39 is 5.41 Å². The molecule has 0 unspecified atom stereocenters. The van der Waals surface area contributed by atoms with Gasteiger partial charge in [-0.1, -0.05) is 25.1 Å². The molecular weight excluding hydrogens is 356 g/mol. The third-order valence-electron chi connectivity index (χ3n) is 4.50. The molecule has 0 spiro atoms. The molecule has 0 saturated heterocycles. The normalized spacial score (nSPS) is 10.9. The number of carbonyl (C=O) groups excluding carboxylic acids is 2. The van der Waals surface area contributed by atoms with E-state index >= 15 is 0 Å². The molecule has 2 amide bonds. The van der Waals surface area contributed by atoms with Crippen molar-refractivity contribution in [3.8, 4) is 11.5 Å². The highest BCUT2D eigenvalue weighted by Gasteiger charge is 2.36. The van der Waals surface area contributed by atoms with Crippen molar-refractivity contribution in [1.82, 2.24) is 5.32 Å². The highest BCUT2D eigenvalue weighted by molar-refractivity contribution is 6.10. The molecule has 0 aromatic heterocycles. The van der Waals surface area contributed by atoms with Crippen LogP contribution in [0.25, 0.3) is 0 Å². The summed E-state index contributed by atoms with van der Waals surface area (Å²) < 4.78 is 10.7. The van der Waals surface area contributed by atoms with Crippen LogP contribution in [-0.2, 0) is 16.0 Å². The molecule has 0 aliphatic carbocycles. The number of amides is 2. The van der Waals surface area contributed by atoms with Gasteiger partial charge in [-0.05, 0) is 56.2 Å². The summed E-state index contributed by atoms with van der Waals surface area (Å²) in [4.78, 5) is 25.1. The summed E-state index contributed by atoms with van der Waals surface area (Å²) >= 11 is 0. The Morgan fingerprint density at radius 2 is 1.61 bits per heavy atom. The number of rotatable bonds is 9. The van der Waals surface area contributed by atoms with Crippen molar-refractivity contribution in [2.75, 3.05) is 25.6 Å². The largest absolute Gasteiger partial charge is 0.497 e. The molecule has 0 saturated carbocycles. The Labute approximate surface area is 166 Å². The van der Waals surface area contributed by atoms with E-state index in [9.17, 15) is 9.59 Å². The minimum absolute atomic E-state index is 0.299. The van der Waals surface area contributed by atoms with E-state index in [1.165, 1.54) is 0 Å². The molecule has 0 heterocycles. The van der Waals surface area contributed by atoms with Gasteiger partial charge in [0.2, 0.25) is 11.8 Å². The smallest absolute Gasteiger partial charge is 0.239 e. The topological polar surface area (TPSA) is 76.7 Å². The summed E-state index contributed by atoms with van der Waals surface area (Å²) in [5.41, 5.74) is 0.555. The fourth-order valence-corrected chi connectivity index (χ4v) is 2.56. The quantitative estimate of drug-likeness (QED) is 0.513. The lowest BCUT2D eigenvalue weighted by molar-refractivity contribution is -0.138. The Hall–Kier alpha value is -3.02. The van der Waals surface area contributed by atoms with Crippen molar-refractivity contribution in [2.45, 2.75) is 27.2 Å².